The molecule has 0 amide bonds. The van der Waals surface area contributed by atoms with Crippen molar-refractivity contribution in [2.45, 2.75) is 25.0 Å². The maximum atomic E-state index is 12.3. The topological polar surface area (TPSA) is 35.5 Å². The Balaban J connectivity index is 1.73. The van der Waals surface area contributed by atoms with Crippen LogP contribution in [0.2, 0.25) is 0 Å². The standard InChI is InChI=1S/C17H14O3/c18-14-11-17(20-16-8-4-2-6-13(14)16)10-9-12-5-1-3-7-15(12)19-17/h1-8H,9-11H2. The Kier molecular flexibility index (Phi) is 2.36. The van der Waals surface area contributed by atoms with Crippen LogP contribution in [0.5, 0.6) is 11.5 Å². The van der Waals surface area contributed by atoms with E-state index in [-0.39, 0.29) is 12.2 Å². The lowest BCUT2D eigenvalue weighted by Gasteiger charge is -2.40. The van der Waals surface area contributed by atoms with Crippen LogP contribution in [-0.2, 0) is 6.42 Å². The quantitative estimate of drug-likeness (QED) is 0.733. The van der Waals surface area contributed by atoms with Crippen LogP contribution in [0.3, 0.4) is 0 Å². The molecule has 2 aliphatic heterocycles. The maximum absolute atomic E-state index is 12.3. The molecule has 2 heterocycles. The van der Waals surface area contributed by atoms with Gasteiger partial charge in [-0.25, -0.2) is 0 Å². The minimum atomic E-state index is -0.834. The third kappa shape index (κ3) is 1.70. The number of ketones is 1. The summed E-state index contributed by atoms with van der Waals surface area (Å²) in [5.74, 6) is 0.708. The number of rotatable bonds is 0. The predicted molar refractivity (Wildman–Crippen MR) is 74.1 cm³/mol. The van der Waals surface area contributed by atoms with Gasteiger partial charge in [-0.05, 0) is 30.2 Å². The zero-order chi connectivity index (χ0) is 13.6. The van der Waals surface area contributed by atoms with Gasteiger partial charge in [0.1, 0.15) is 11.5 Å². The van der Waals surface area contributed by atoms with E-state index >= 15 is 0 Å². The third-order valence-corrected chi connectivity index (χ3v) is 3.96. The molecule has 0 N–H and O–H groups in total. The van der Waals surface area contributed by atoms with E-state index < -0.39 is 5.79 Å². The summed E-state index contributed by atoms with van der Waals surface area (Å²) < 4.78 is 12.1. The smallest absolute Gasteiger partial charge is 0.258 e. The number of carbonyl (C=O) groups is 1. The van der Waals surface area contributed by atoms with Crippen LogP contribution in [0.15, 0.2) is 48.5 Å². The molecule has 0 aromatic heterocycles. The monoisotopic (exact) mass is 266 g/mol. The molecule has 2 aromatic carbocycles. The van der Waals surface area contributed by atoms with Crippen molar-refractivity contribution >= 4 is 5.78 Å². The fourth-order valence-electron chi connectivity index (χ4n) is 2.95. The Morgan fingerprint density at radius 3 is 2.50 bits per heavy atom. The van der Waals surface area contributed by atoms with E-state index in [0.29, 0.717) is 17.7 Å². The lowest BCUT2D eigenvalue weighted by atomic mass is 9.91. The lowest BCUT2D eigenvalue weighted by molar-refractivity contribution is -0.129. The van der Waals surface area contributed by atoms with E-state index in [1.165, 1.54) is 5.56 Å². The first-order valence-electron chi connectivity index (χ1n) is 6.84. The van der Waals surface area contributed by atoms with Crippen molar-refractivity contribution in [1.82, 2.24) is 0 Å². The number of fused-ring (bicyclic) bond motifs is 2. The summed E-state index contributed by atoms with van der Waals surface area (Å²) in [5, 5.41) is 0. The molecule has 2 aliphatic rings. The fraction of sp³-hybridized carbons (Fsp3) is 0.235. The molecule has 2 aromatic rings. The second-order valence-corrected chi connectivity index (χ2v) is 5.32. The highest BCUT2D eigenvalue weighted by atomic mass is 16.7. The van der Waals surface area contributed by atoms with E-state index in [0.717, 1.165) is 12.2 Å². The Bertz CT molecular complexity index is 692. The largest absolute Gasteiger partial charge is 0.452 e. The number of hydrogen-bond donors (Lipinski definition) is 0. The molecule has 0 bridgehead atoms. The molecule has 1 unspecified atom stereocenters. The molecule has 0 saturated carbocycles. The zero-order valence-corrected chi connectivity index (χ0v) is 11.0. The van der Waals surface area contributed by atoms with Gasteiger partial charge in [-0.2, -0.15) is 0 Å². The van der Waals surface area contributed by atoms with Crippen LogP contribution in [0.1, 0.15) is 28.8 Å². The lowest BCUT2D eigenvalue weighted by Crippen LogP contribution is -2.49. The zero-order valence-electron chi connectivity index (χ0n) is 11.0. The second kappa shape index (κ2) is 4.10. The molecule has 0 aliphatic carbocycles. The summed E-state index contributed by atoms with van der Waals surface area (Å²) in [4.78, 5) is 12.3. The molecule has 3 heteroatoms. The second-order valence-electron chi connectivity index (χ2n) is 5.32. The number of carbonyl (C=O) groups excluding carboxylic acids is 1. The summed E-state index contributed by atoms with van der Waals surface area (Å²) >= 11 is 0. The Morgan fingerprint density at radius 1 is 0.900 bits per heavy atom. The summed E-state index contributed by atoms with van der Waals surface area (Å²) in [6, 6.07) is 15.3. The van der Waals surface area contributed by atoms with Gasteiger partial charge in [-0.1, -0.05) is 30.3 Å². The summed E-state index contributed by atoms with van der Waals surface area (Å²) in [5.41, 5.74) is 1.83. The van der Waals surface area contributed by atoms with Gasteiger partial charge in [0.25, 0.3) is 5.79 Å². The van der Waals surface area contributed by atoms with Crippen LogP contribution in [0, 0.1) is 0 Å². The minimum absolute atomic E-state index is 0.0891. The molecule has 1 atom stereocenters. The van der Waals surface area contributed by atoms with E-state index in [4.69, 9.17) is 9.47 Å². The molecule has 0 saturated heterocycles. The molecule has 100 valence electrons. The van der Waals surface area contributed by atoms with Gasteiger partial charge in [-0.3, -0.25) is 4.79 Å². The van der Waals surface area contributed by atoms with E-state index in [1.807, 2.05) is 36.4 Å². The van der Waals surface area contributed by atoms with Crippen molar-refractivity contribution in [1.29, 1.82) is 0 Å². The first kappa shape index (κ1) is 11.5. The number of para-hydroxylation sites is 2. The maximum Gasteiger partial charge on any atom is 0.258 e. The molecule has 20 heavy (non-hydrogen) atoms. The normalized spacial score (nSPS) is 23.5. The van der Waals surface area contributed by atoms with Crippen molar-refractivity contribution in [2.24, 2.45) is 0 Å². The SMILES string of the molecule is O=C1CC2(CCc3ccccc3O2)Oc2ccccc21. The minimum Gasteiger partial charge on any atom is -0.452 e. The van der Waals surface area contributed by atoms with Gasteiger partial charge in [0.05, 0.1) is 12.0 Å². The fourth-order valence-corrected chi connectivity index (χ4v) is 2.95. The molecule has 0 fully saturated rings. The first-order chi connectivity index (χ1) is 9.76. The molecular formula is C17H14O3. The summed E-state index contributed by atoms with van der Waals surface area (Å²) in [6.07, 6.45) is 1.84. The molecular weight excluding hydrogens is 252 g/mol. The average molecular weight is 266 g/mol. The van der Waals surface area contributed by atoms with Gasteiger partial charge in [0.15, 0.2) is 5.78 Å². The number of Topliss-reactive ketones (excluding diaryl/α,β-unsaturated/α-hetero) is 1. The van der Waals surface area contributed by atoms with E-state index in [2.05, 4.69) is 6.07 Å². The first-order valence-corrected chi connectivity index (χ1v) is 6.84. The molecule has 0 radical (unpaired) electrons. The molecule has 1 spiro atoms. The number of benzene rings is 2. The predicted octanol–water partition coefficient (Wildman–Crippen LogP) is 3.37. The van der Waals surface area contributed by atoms with Crippen LogP contribution in [0.4, 0.5) is 0 Å². The van der Waals surface area contributed by atoms with Gasteiger partial charge in [0, 0.05) is 6.42 Å². The van der Waals surface area contributed by atoms with Gasteiger partial charge in [0.2, 0.25) is 0 Å². The summed E-state index contributed by atoms with van der Waals surface area (Å²) in [6.45, 7) is 0. The van der Waals surface area contributed by atoms with E-state index in [9.17, 15) is 4.79 Å². The highest BCUT2D eigenvalue weighted by Gasteiger charge is 2.44. The van der Waals surface area contributed by atoms with Gasteiger partial charge >= 0.3 is 0 Å². The third-order valence-electron chi connectivity index (χ3n) is 3.96. The van der Waals surface area contributed by atoms with Crippen LogP contribution in [-0.4, -0.2) is 11.6 Å². The molecule has 3 nitrogen and oxygen atoms in total. The van der Waals surface area contributed by atoms with Crippen molar-refractivity contribution in [3.8, 4) is 11.5 Å². The van der Waals surface area contributed by atoms with Gasteiger partial charge < -0.3 is 9.47 Å². The van der Waals surface area contributed by atoms with E-state index in [1.54, 1.807) is 6.07 Å². The number of hydrogen-bond acceptors (Lipinski definition) is 3. The van der Waals surface area contributed by atoms with Crippen molar-refractivity contribution in [3.05, 3.63) is 59.7 Å². The Hall–Kier alpha value is -2.29. The Labute approximate surface area is 117 Å². The van der Waals surface area contributed by atoms with Crippen molar-refractivity contribution < 1.29 is 14.3 Å². The van der Waals surface area contributed by atoms with Crippen molar-refractivity contribution in [2.75, 3.05) is 0 Å². The number of aryl methyl sites for hydroxylation is 1. The highest BCUT2D eigenvalue weighted by molar-refractivity contribution is 6.00. The van der Waals surface area contributed by atoms with Crippen LogP contribution < -0.4 is 9.47 Å². The van der Waals surface area contributed by atoms with Crippen LogP contribution in [0.25, 0.3) is 0 Å². The van der Waals surface area contributed by atoms with Crippen LogP contribution >= 0.6 is 0 Å². The summed E-state index contributed by atoms with van der Waals surface area (Å²) in [7, 11) is 0. The van der Waals surface area contributed by atoms with Crippen molar-refractivity contribution in [3.63, 3.8) is 0 Å². The molecule has 4 rings (SSSR count). The van der Waals surface area contributed by atoms with Gasteiger partial charge in [-0.15, -0.1) is 0 Å². The average Bonchev–Trinajstić information content (AvgIpc) is 2.47. The number of ether oxygens (including phenoxy) is 2. The highest BCUT2D eigenvalue weighted by Crippen LogP contribution is 2.41. The Morgan fingerprint density at radius 2 is 1.60 bits per heavy atom.